The number of Topliss-reactive ketones (excluding diaryl/α,β-unsaturated/α-hetero) is 1. The molecule has 0 aliphatic heterocycles. The Balaban J connectivity index is 1.82. The summed E-state index contributed by atoms with van der Waals surface area (Å²) in [6, 6.07) is 4.80. The van der Waals surface area contributed by atoms with Gasteiger partial charge in [-0.25, -0.2) is 14.4 Å². The Morgan fingerprint density at radius 3 is 2.88 bits per heavy atom. The van der Waals surface area contributed by atoms with Gasteiger partial charge in [0.05, 0.1) is 5.41 Å². The molecule has 24 heavy (non-hydrogen) atoms. The molecule has 124 valence electrons. The van der Waals surface area contributed by atoms with Crippen LogP contribution in [0.5, 0.6) is 0 Å². The number of aliphatic hydroxyl groups excluding tert-OH is 1. The fourth-order valence-electron chi connectivity index (χ4n) is 3.78. The van der Waals surface area contributed by atoms with Crippen molar-refractivity contribution in [2.45, 2.75) is 43.9 Å². The van der Waals surface area contributed by atoms with Gasteiger partial charge in [0.25, 0.3) is 0 Å². The summed E-state index contributed by atoms with van der Waals surface area (Å²) in [6.45, 7) is 1.12. The summed E-state index contributed by atoms with van der Waals surface area (Å²) in [5.74, 6) is 0.659. The molecule has 5 heteroatoms. The molecular weight excluding hydrogens is 307 g/mol. The van der Waals surface area contributed by atoms with Crippen molar-refractivity contribution in [3.8, 4) is 0 Å². The lowest BCUT2D eigenvalue weighted by atomic mass is 9.73. The van der Waals surface area contributed by atoms with E-state index in [4.69, 9.17) is 0 Å². The summed E-state index contributed by atoms with van der Waals surface area (Å²) in [4.78, 5) is 21.8. The highest BCUT2D eigenvalue weighted by molar-refractivity contribution is 5.93. The van der Waals surface area contributed by atoms with Crippen LogP contribution in [0.25, 0.3) is 0 Å². The predicted octanol–water partition coefficient (Wildman–Crippen LogP) is 2.40. The number of carbonyl (C=O) groups excluding carboxylic acids is 1. The third kappa shape index (κ3) is 2.26. The van der Waals surface area contributed by atoms with Gasteiger partial charge in [-0.05, 0) is 48.9 Å². The molecule has 2 aliphatic carbocycles. The number of halogens is 1. The highest BCUT2D eigenvalue weighted by Crippen LogP contribution is 2.43. The molecule has 0 saturated heterocycles. The third-order valence-electron chi connectivity index (χ3n) is 5.34. The Labute approximate surface area is 139 Å². The molecule has 1 fully saturated rings. The lowest BCUT2D eigenvalue weighted by Gasteiger charge is -2.29. The zero-order chi connectivity index (χ0) is 16.9. The van der Waals surface area contributed by atoms with Gasteiger partial charge in [0.15, 0.2) is 5.78 Å². The van der Waals surface area contributed by atoms with Gasteiger partial charge in [-0.1, -0.05) is 12.1 Å². The molecule has 1 atom stereocenters. The van der Waals surface area contributed by atoms with Gasteiger partial charge in [0.1, 0.15) is 18.2 Å². The van der Waals surface area contributed by atoms with E-state index in [1.54, 1.807) is 25.3 Å². The number of hydrogen-bond acceptors (Lipinski definition) is 4. The van der Waals surface area contributed by atoms with Gasteiger partial charge in [-0.15, -0.1) is 0 Å². The average Bonchev–Trinajstić information content (AvgIpc) is 3.36. The summed E-state index contributed by atoms with van der Waals surface area (Å²) in [5, 5.41) is 9.53. The summed E-state index contributed by atoms with van der Waals surface area (Å²) in [5.41, 5.74) is 1.94. The van der Waals surface area contributed by atoms with Gasteiger partial charge in [0, 0.05) is 24.2 Å². The van der Waals surface area contributed by atoms with Crippen molar-refractivity contribution in [3.05, 3.63) is 58.4 Å². The Morgan fingerprint density at radius 1 is 1.38 bits per heavy atom. The maximum atomic E-state index is 14.1. The lowest BCUT2D eigenvalue weighted by molar-refractivity contribution is -0.127. The monoisotopic (exact) mass is 326 g/mol. The smallest absolute Gasteiger partial charge is 0.169 e. The van der Waals surface area contributed by atoms with Gasteiger partial charge in [-0.2, -0.15) is 0 Å². The van der Waals surface area contributed by atoms with Gasteiger partial charge in [0.2, 0.25) is 0 Å². The number of carbonyl (C=O) groups is 1. The van der Waals surface area contributed by atoms with Crippen LogP contribution in [0.1, 0.15) is 47.0 Å². The van der Waals surface area contributed by atoms with Crippen molar-refractivity contribution in [1.29, 1.82) is 0 Å². The maximum Gasteiger partial charge on any atom is 0.169 e. The molecule has 2 aromatic rings. The number of fused-ring (bicyclic) bond motifs is 1. The Hall–Kier alpha value is -2.14. The topological polar surface area (TPSA) is 63.1 Å². The zero-order valence-electron chi connectivity index (χ0n) is 13.6. The number of ketones is 1. The third-order valence-corrected chi connectivity index (χ3v) is 5.34. The molecule has 1 aromatic carbocycles. The molecule has 4 nitrogen and oxygen atoms in total. The van der Waals surface area contributed by atoms with E-state index in [9.17, 15) is 14.3 Å². The molecule has 0 radical (unpaired) electrons. The second-order valence-corrected chi connectivity index (χ2v) is 6.90. The quantitative estimate of drug-likeness (QED) is 0.937. The van der Waals surface area contributed by atoms with Crippen LogP contribution in [-0.4, -0.2) is 27.5 Å². The van der Waals surface area contributed by atoms with E-state index in [0.717, 1.165) is 29.9 Å². The van der Waals surface area contributed by atoms with E-state index in [0.29, 0.717) is 29.9 Å². The van der Waals surface area contributed by atoms with E-state index >= 15 is 0 Å². The van der Waals surface area contributed by atoms with Crippen molar-refractivity contribution in [3.63, 3.8) is 0 Å². The van der Waals surface area contributed by atoms with Crippen molar-refractivity contribution in [2.75, 3.05) is 6.61 Å². The summed E-state index contributed by atoms with van der Waals surface area (Å²) < 4.78 is 14.1. The number of benzene rings is 1. The standard InChI is InChI=1S/C19H19FN2O2/c1-11-14(3-2-4-15(11)20)19(17(24)10-23)7-13-9-21-18(12-5-6-12)22-16(13)8-19/h2-4,9,12,23H,5-8,10H2,1H3/t19-/m0/s1. The first-order valence-electron chi connectivity index (χ1n) is 8.29. The minimum absolute atomic E-state index is 0.290. The molecule has 2 aliphatic rings. The van der Waals surface area contributed by atoms with Gasteiger partial charge < -0.3 is 5.11 Å². The Bertz CT molecular complexity index is 832. The van der Waals surface area contributed by atoms with Crippen LogP contribution in [0.15, 0.2) is 24.4 Å². The van der Waals surface area contributed by atoms with Gasteiger partial charge >= 0.3 is 0 Å². The molecule has 0 unspecified atom stereocenters. The molecule has 1 heterocycles. The van der Waals surface area contributed by atoms with E-state index in [-0.39, 0.29) is 11.6 Å². The fourth-order valence-corrected chi connectivity index (χ4v) is 3.78. The summed E-state index contributed by atoms with van der Waals surface area (Å²) in [7, 11) is 0. The highest BCUT2D eigenvalue weighted by atomic mass is 19.1. The first-order valence-corrected chi connectivity index (χ1v) is 8.29. The molecule has 0 amide bonds. The summed E-state index contributed by atoms with van der Waals surface area (Å²) >= 11 is 0. The van der Waals surface area contributed by atoms with Crippen molar-refractivity contribution >= 4 is 5.78 Å². The number of aromatic nitrogens is 2. The minimum atomic E-state index is -0.944. The van der Waals surface area contributed by atoms with E-state index in [2.05, 4.69) is 9.97 Å². The largest absolute Gasteiger partial charge is 0.389 e. The first-order chi connectivity index (χ1) is 11.5. The molecule has 0 spiro atoms. The zero-order valence-corrected chi connectivity index (χ0v) is 13.6. The van der Waals surface area contributed by atoms with E-state index in [1.807, 2.05) is 0 Å². The molecular formula is C19H19FN2O2. The maximum absolute atomic E-state index is 14.1. The van der Waals surface area contributed by atoms with Crippen molar-refractivity contribution in [2.24, 2.45) is 0 Å². The fraction of sp³-hybridized carbons (Fsp3) is 0.421. The molecule has 1 saturated carbocycles. The highest BCUT2D eigenvalue weighted by Gasteiger charge is 2.47. The molecule has 4 rings (SSSR count). The second kappa shape index (κ2) is 5.45. The van der Waals surface area contributed by atoms with Crippen LogP contribution in [0, 0.1) is 12.7 Å². The molecule has 1 N–H and O–H groups in total. The van der Waals surface area contributed by atoms with E-state index in [1.165, 1.54) is 6.07 Å². The molecule has 1 aromatic heterocycles. The number of rotatable bonds is 4. The van der Waals surface area contributed by atoms with Crippen molar-refractivity contribution < 1.29 is 14.3 Å². The summed E-state index contributed by atoms with van der Waals surface area (Å²) in [6.07, 6.45) is 4.84. The Morgan fingerprint density at radius 2 is 2.17 bits per heavy atom. The predicted molar refractivity (Wildman–Crippen MR) is 86.3 cm³/mol. The van der Waals surface area contributed by atoms with Crippen LogP contribution < -0.4 is 0 Å². The van der Waals surface area contributed by atoms with Crippen LogP contribution in [0.4, 0.5) is 4.39 Å². The normalized spacial score (nSPS) is 22.5. The SMILES string of the molecule is Cc1c(F)cccc1[C@]1(C(=O)CO)Cc2cnc(C3CC3)nc2C1. The average molecular weight is 326 g/mol. The van der Waals surface area contributed by atoms with Crippen molar-refractivity contribution in [1.82, 2.24) is 9.97 Å². The number of aliphatic hydroxyl groups is 1. The van der Waals surface area contributed by atoms with Crippen LogP contribution in [-0.2, 0) is 23.1 Å². The minimum Gasteiger partial charge on any atom is -0.389 e. The van der Waals surface area contributed by atoms with E-state index < -0.39 is 12.0 Å². The first kappa shape index (κ1) is 15.4. The van der Waals surface area contributed by atoms with Crippen LogP contribution >= 0.6 is 0 Å². The number of nitrogens with zero attached hydrogens (tertiary/aromatic N) is 2. The number of hydrogen-bond donors (Lipinski definition) is 1. The lowest BCUT2D eigenvalue weighted by Crippen LogP contribution is -2.39. The van der Waals surface area contributed by atoms with Gasteiger partial charge in [-0.3, -0.25) is 4.79 Å². The van der Waals surface area contributed by atoms with Crippen LogP contribution in [0.2, 0.25) is 0 Å². The second-order valence-electron chi connectivity index (χ2n) is 6.90. The Kier molecular flexibility index (Phi) is 3.49. The molecule has 0 bridgehead atoms. The van der Waals surface area contributed by atoms with Crippen LogP contribution in [0.3, 0.4) is 0 Å².